The van der Waals surface area contributed by atoms with E-state index in [4.69, 9.17) is 14.5 Å². The Morgan fingerprint density at radius 2 is 2.04 bits per heavy atom. The topological polar surface area (TPSA) is 49.3 Å². The second kappa shape index (κ2) is 10.9. The number of morpholine rings is 1. The highest BCUT2D eigenvalue weighted by Crippen LogP contribution is 2.21. The zero-order chi connectivity index (χ0) is 17.2. The van der Waals surface area contributed by atoms with Crippen LogP contribution in [-0.2, 0) is 9.47 Å². The van der Waals surface area contributed by atoms with Crippen LogP contribution in [0.2, 0.25) is 0 Å². The molecule has 2 fully saturated rings. The molecule has 2 unspecified atom stereocenters. The van der Waals surface area contributed by atoms with Gasteiger partial charge in [0.2, 0.25) is 0 Å². The predicted octanol–water partition coefficient (Wildman–Crippen LogP) is 1.56. The molecule has 0 spiro atoms. The van der Waals surface area contributed by atoms with Crippen LogP contribution in [0.3, 0.4) is 0 Å². The normalized spacial score (nSPS) is 25.5. The van der Waals surface area contributed by atoms with E-state index in [1.807, 2.05) is 0 Å². The van der Waals surface area contributed by atoms with Crippen LogP contribution in [0.15, 0.2) is 4.99 Å². The molecular formula is C18H36N4O2. The largest absolute Gasteiger partial charge is 0.375 e. The minimum absolute atomic E-state index is 0.178. The zero-order valence-corrected chi connectivity index (χ0v) is 15.8. The maximum Gasteiger partial charge on any atom is 0.194 e. The lowest BCUT2D eigenvalue weighted by Crippen LogP contribution is -2.53. The van der Waals surface area contributed by atoms with Gasteiger partial charge in [0.15, 0.2) is 5.96 Å². The number of nitrogens with one attached hydrogen (secondary N) is 1. The molecule has 0 amide bonds. The molecule has 0 bridgehead atoms. The number of likely N-dealkylation sites (N-methyl/N-ethyl adjacent to an activating group) is 1. The Labute approximate surface area is 147 Å². The van der Waals surface area contributed by atoms with Crippen LogP contribution in [0.5, 0.6) is 0 Å². The van der Waals surface area contributed by atoms with Crippen LogP contribution in [0.4, 0.5) is 0 Å². The van der Waals surface area contributed by atoms with E-state index in [1.165, 1.54) is 12.8 Å². The smallest absolute Gasteiger partial charge is 0.194 e. The lowest BCUT2D eigenvalue weighted by Gasteiger charge is -2.37. The predicted molar refractivity (Wildman–Crippen MR) is 98.7 cm³/mol. The molecule has 2 rings (SSSR count). The second-order valence-corrected chi connectivity index (χ2v) is 6.80. The summed E-state index contributed by atoms with van der Waals surface area (Å²) >= 11 is 0. The first-order chi connectivity index (χ1) is 11.7. The minimum atomic E-state index is 0.178. The molecule has 0 aromatic heterocycles. The Morgan fingerprint density at radius 3 is 2.75 bits per heavy atom. The summed E-state index contributed by atoms with van der Waals surface area (Å²) in [5, 5.41) is 3.44. The maximum atomic E-state index is 5.95. The van der Waals surface area contributed by atoms with E-state index in [0.29, 0.717) is 0 Å². The molecule has 6 nitrogen and oxygen atoms in total. The van der Waals surface area contributed by atoms with Gasteiger partial charge in [-0.2, -0.15) is 0 Å². The molecule has 0 saturated carbocycles. The number of guanidine groups is 1. The molecular weight excluding hydrogens is 304 g/mol. The number of aliphatic imine (C=N–C) groups is 1. The van der Waals surface area contributed by atoms with Crippen LogP contribution in [0.1, 0.15) is 39.5 Å². The van der Waals surface area contributed by atoms with Crippen LogP contribution >= 0.6 is 0 Å². The average Bonchev–Trinajstić information content (AvgIpc) is 3.14. The number of nitrogens with zero attached hydrogens (tertiary/aromatic N) is 3. The molecule has 0 aromatic rings. The van der Waals surface area contributed by atoms with Gasteiger partial charge in [0, 0.05) is 32.8 Å². The monoisotopic (exact) mass is 340 g/mol. The first kappa shape index (κ1) is 19.5. The van der Waals surface area contributed by atoms with Crippen molar-refractivity contribution in [2.24, 2.45) is 4.99 Å². The van der Waals surface area contributed by atoms with Crippen molar-refractivity contribution in [3.63, 3.8) is 0 Å². The molecule has 2 saturated heterocycles. The number of ether oxygens (including phenoxy) is 2. The van der Waals surface area contributed by atoms with E-state index >= 15 is 0 Å². The molecule has 2 aliphatic heterocycles. The minimum Gasteiger partial charge on any atom is -0.375 e. The molecule has 0 aliphatic carbocycles. The third kappa shape index (κ3) is 6.22. The lowest BCUT2D eigenvalue weighted by molar-refractivity contribution is -0.0817. The standard InChI is InChI=1S/C18H36N4O2/c1-4-6-10-21(3)11-9-20-18(19-5-2)22-12-14-24-17(15-22)16-8-7-13-23-16/h16-17H,4-15H2,1-3H3,(H,19,20). The fourth-order valence-corrected chi connectivity index (χ4v) is 3.28. The molecule has 6 heteroatoms. The highest BCUT2D eigenvalue weighted by atomic mass is 16.5. The highest BCUT2D eigenvalue weighted by Gasteiger charge is 2.32. The summed E-state index contributed by atoms with van der Waals surface area (Å²) in [5.74, 6) is 1.02. The molecule has 2 heterocycles. The fourth-order valence-electron chi connectivity index (χ4n) is 3.28. The van der Waals surface area contributed by atoms with E-state index < -0.39 is 0 Å². The molecule has 24 heavy (non-hydrogen) atoms. The van der Waals surface area contributed by atoms with Crippen molar-refractivity contribution < 1.29 is 9.47 Å². The summed E-state index contributed by atoms with van der Waals surface area (Å²) in [5.41, 5.74) is 0. The lowest BCUT2D eigenvalue weighted by atomic mass is 10.1. The van der Waals surface area contributed by atoms with Gasteiger partial charge in [-0.15, -0.1) is 0 Å². The number of rotatable bonds is 8. The first-order valence-electron chi connectivity index (χ1n) is 9.69. The van der Waals surface area contributed by atoms with Gasteiger partial charge in [-0.1, -0.05) is 13.3 Å². The molecule has 140 valence electrons. The zero-order valence-electron chi connectivity index (χ0n) is 15.8. The van der Waals surface area contributed by atoms with E-state index in [-0.39, 0.29) is 12.2 Å². The molecule has 1 N–H and O–H groups in total. The van der Waals surface area contributed by atoms with Crippen LogP contribution in [-0.4, -0.2) is 87.5 Å². The third-order valence-electron chi connectivity index (χ3n) is 4.74. The van der Waals surface area contributed by atoms with Crippen LogP contribution in [0, 0.1) is 0 Å². The highest BCUT2D eigenvalue weighted by molar-refractivity contribution is 5.80. The third-order valence-corrected chi connectivity index (χ3v) is 4.74. The quantitative estimate of drug-likeness (QED) is 0.537. The number of unbranched alkanes of at least 4 members (excludes halogenated alkanes) is 1. The van der Waals surface area contributed by atoms with Crippen molar-refractivity contribution in [3.8, 4) is 0 Å². The van der Waals surface area contributed by atoms with Crippen molar-refractivity contribution in [3.05, 3.63) is 0 Å². The Kier molecular flexibility index (Phi) is 8.84. The van der Waals surface area contributed by atoms with E-state index in [1.54, 1.807) is 0 Å². The number of hydrogen-bond donors (Lipinski definition) is 1. The fraction of sp³-hybridized carbons (Fsp3) is 0.944. The van der Waals surface area contributed by atoms with Crippen molar-refractivity contribution in [2.45, 2.75) is 51.7 Å². The average molecular weight is 341 g/mol. The Bertz CT molecular complexity index is 372. The van der Waals surface area contributed by atoms with Gasteiger partial charge in [-0.3, -0.25) is 4.99 Å². The molecule has 0 aromatic carbocycles. The summed E-state index contributed by atoms with van der Waals surface area (Å²) in [6, 6.07) is 0. The van der Waals surface area contributed by atoms with E-state index in [9.17, 15) is 0 Å². The van der Waals surface area contributed by atoms with Crippen molar-refractivity contribution in [2.75, 3.05) is 59.5 Å². The molecule has 2 aliphatic rings. The van der Waals surface area contributed by atoms with E-state index in [2.05, 4.69) is 36.0 Å². The van der Waals surface area contributed by atoms with Crippen molar-refractivity contribution >= 4 is 5.96 Å². The summed E-state index contributed by atoms with van der Waals surface area (Å²) in [4.78, 5) is 9.54. The summed E-state index contributed by atoms with van der Waals surface area (Å²) in [7, 11) is 2.18. The van der Waals surface area contributed by atoms with Crippen molar-refractivity contribution in [1.29, 1.82) is 0 Å². The maximum absolute atomic E-state index is 5.95. The van der Waals surface area contributed by atoms with Gasteiger partial charge in [-0.05, 0) is 39.8 Å². The van der Waals surface area contributed by atoms with Crippen LogP contribution in [0.25, 0.3) is 0 Å². The van der Waals surface area contributed by atoms with Crippen LogP contribution < -0.4 is 5.32 Å². The molecule has 0 radical (unpaired) electrons. The Balaban J connectivity index is 1.84. The Morgan fingerprint density at radius 1 is 1.21 bits per heavy atom. The number of hydrogen-bond acceptors (Lipinski definition) is 4. The Hall–Kier alpha value is -0.850. The van der Waals surface area contributed by atoms with Gasteiger partial charge >= 0.3 is 0 Å². The van der Waals surface area contributed by atoms with Gasteiger partial charge in [0.05, 0.1) is 19.3 Å². The van der Waals surface area contributed by atoms with Crippen molar-refractivity contribution in [1.82, 2.24) is 15.1 Å². The summed E-state index contributed by atoms with van der Waals surface area (Å²) < 4.78 is 11.8. The SMILES string of the molecule is CCCCN(C)CCN=C(NCC)N1CCOC(C2CCCO2)C1. The molecule has 2 atom stereocenters. The summed E-state index contributed by atoms with van der Waals surface area (Å²) in [6.07, 6.45) is 5.21. The second-order valence-electron chi connectivity index (χ2n) is 6.80. The van der Waals surface area contributed by atoms with Gasteiger partial charge in [-0.25, -0.2) is 0 Å². The first-order valence-corrected chi connectivity index (χ1v) is 9.69. The van der Waals surface area contributed by atoms with E-state index in [0.717, 1.165) is 71.3 Å². The van der Waals surface area contributed by atoms with Gasteiger partial charge in [0.1, 0.15) is 6.10 Å². The summed E-state index contributed by atoms with van der Waals surface area (Å²) in [6.45, 7) is 11.7. The van der Waals surface area contributed by atoms with Gasteiger partial charge in [0.25, 0.3) is 0 Å². The van der Waals surface area contributed by atoms with Gasteiger partial charge < -0.3 is 24.6 Å².